The molecular weight excluding hydrogens is 325 g/mol. The Morgan fingerprint density at radius 2 is 1.33 bits per heavy atom. The summed E-state index contributed by atoms with van der Waals surface area (Å²) in [5.74, 6) is 0. The number of aryl methyl sites for hydroxylation is 1. The van der Waals surface area contributed by atoms with Crippen molar-refractivity contribution in [1.82, 2.24) is 0 Å². The lowest BCUT2D eigenvalue weighted by atomic mass is 9.37. The minimum Gasteiger partial charge on any atom is -0.312 e. The highest BCUT2D eigenvalue weighted by Gasteiger charge is 2.42. The van der Waals surface area contributed by atoms with Crippen LogP contribution in [-0.2, 0) is 0 Å². The van der Waals surface area contributed by atoms with Crippen LogP contribution in [0.4, 0.5) is 17.1 Å². The highest BCUT2D eigenvalue weighted by molar-refractivity contribution is 7.01. The summed E-state index contributed by atoms with van der Waals surface area (Å²) in [5, 5.41) is 0. The summed E-state index contributed by atoms with van der Waals surface area (Å²) in [7, 11) is 0. The maximum Gasteiger partial charge on any atom is 0.248 e. The number of para-hydroxylation sites is 2. The molecule has 6 rings (SSSR count). The quantitative estimate of drug-likeness (QED) is 0.403. The van der Waals surface area contributed by atoms with Crippen LogP contribution in [0, 0.1) is 6.92 Å². The van der Waals surface area contributed by atoms with Crippen LogP contribution in [0.15, 0.2) is 91.0 Å². The maximum absolute atomic E-state index is 2.43. The molecule has 0 atom stereocenters. The van der Waals surface area contributed by atoms with Gasteiger partial charge in [0.2, 0.25) is 6.71 Å². The van der Waals surface area contributed by atoms with Crippen molar-refractivity contribution in [3.8, 4) is 11.1 Å². The van der Waals surface area contributed by atoms with Gasteiger partial charge in [0.05, 0.1) is 0 Å². The van der Waals surface area contributed by atoms with Crippen molar-refractivity contribution in [1.29, 1.82) is 0 Å². The number of anilines is 3. The van der Waals surface area contributed by atoms with Gasteiger partial charge in [-0.05, 0) is 58.8 Å². The summed E-state index contributed by atoms with van der Waals surface area (Å²) >= 11 is 0. The van der Waals surface area contributed by atoms with Gasteiger partial charge in [-0.15, -0.1) is 0 Å². The van der Waals surface area contributed by atoms with Gasteiger partial charge in [0.15, 0.2) is 0 Å². The second kappa shape index (κ2) is 5.37. The fourth-order valence-corrected chi connectivity index (χ4v) is 4.94. The third-order valence-corrected chi connectivity index (χ3v) is 6.00. The Bertz CT molecular complexity index is 1200. The molecule has 0 N–H and O–H groups in total. The van der Waals surface area contributed by atoms with Crippen LogP contribution in [0.2, 0.25) is 0 Å². The van der Waals surface area contributed by atoms with E-state index in [1.54, 1.807) is 0 Å². The lowest BCUT2D eigenvalue weighted by molar-refractivity contribution is 1.29. The Kier molecular flexibility index (Phi) is 2.96. The standard InChI is InChI=1S/C25H18BN/c1-17-15-16-23-25-24(17)19-11-5-6-12-20(19)26(25)21-13-7-8-14-22(21)27(23)18-9-3-2-4-10-18/h2-16H,1H3. The molecule has 0 aromatic heterocycles. The van der Waals surface area contributed by atoms with Crippen LogP contribution < -0.4 is 21.3 Å². The highest BCUT2D eigenvalue weighted by Crippen LogP contribution is 2.40. The molecule has 2 aliphatic rings. The molecule has 0 aliphatic carbocycles. The van der Waals surface area contributed by atoms with Crippen LogP contribution in [0.25, 0.3) is 11.1 Å². The molecule has 0 saturated carbocycles. The Morgan fingerprint density at radius 3 is 2.19 bits per heavy atom. The zero-order valence-electron chi connectivity index (χ0n) is 15.2. The molecule has 2 heterocycles. The second-order valence-corrected chi connectivity index (χ2v) is 7.44. The predicted octanol–water partition coefficient (Wildman–Crippen LogP) is 4.27. The van der Waals surface area contributed by atoms with Gasteiger partial charge in [0.1, 0.15) is 0 Å². The Labute approximate surface area is 160 Å². The van der Waals surface area contributed by atoms with E-state index in [1.807, 2.05) is 0 Å². The Hall–Kier alpha value is -3.26. The van der Waals surface area contributed by atoms with E-state index in [9.17, 15) is 0 Å². The van der Waals surface area contributed by atoms with Crippen molar-refractivity contribution >= 4 is 40.2 Å². The van der Waals surface area contributed by atoms with Crippen LogP contribution >= 0.6 is 0 Å². The number of fused-ring (bicyclic) bond motifs is 5. The van der Waals surface area contributed by atoms with Gasteiger partial charge in [-0.3, -0.25) is 0 Å². The minimum atomic E-state index is 0.322. The lowest BCUT2D eigenvalue weighted by Gasteiger charge is -2.36. The van der Waals surface area contributed by atoms with Gasteiger partial charge >= 0.3 is 0 Å². The SMILES string of the molecule is Cc1ccc2c3c1-c1ccccc1B3c1ccccc1N2c1ccccc1. The Balaban J connectivity index is 1.75. The van der Waals surface area contributed by atoms with E-state index in [0.29, 0.717) is 6.71 Å². The normalized spacial score (nSPS) is 13.2. The van der Waals surface area contributed by atoms with Crippen molar-refractivity contribution in [2.24, 2.45) is 0 Å². The van der Waals surface area contributed by atoms with Gasteiger partial charge in [0, 0.05) is 17.1 Å². The summed E-state index contributed by atoms with van der Waals surface area (Å²) < 4.78 is 0. The number of benzene rings is 4. The third kappa shape index (κ3) is 1.90. The first-order valence-corrected chi connectivity index (χ1v) is 9.51. The summed E-state index contributed by atoms with van der Waals surface area (Å²) in [5.41, 5.74) is 12.3. The van der Waals surface area contributed by atoms with Gasteiger partial charge in [0.25, 0.3) is 0 Å². The molecule has 4 aromatic carbocycles. The monoisotopic (exact) mass is 343 g/mol. The maximum atomic E-state index is 2.43. The van der Waals surface area contributed by atoms with Gasteiger partial charge in [-0.2, -0.15) is 0 Å². The van der Waals surface area contributed by atoms with Crippen molar-refractivity contribution < 1.29 is 0 Å². The van der Waals surface area contributed by atoms with E-state index < -0.39 is 0 Å². The molecule has 0 fully saturated rings. The summed E-state index contributed by atoms with van der Waals surface area (Å²) in [4.78, 5) is 2.43. The third-order valence-electron chi connectivity index (χ3n) is 6.00. The molecule has 27 heavy (non-hydrogen) atoms. The first-order chi connectivity index (χ1) is 13.3. The highest BCUT2D eigenvalue weighted by atomic mass is 15.1. The molecular formula is C25H18BN. The van der Waals surface area contributed by atoms with E-state index in [1.165, 1.54) is 50.1 Å². The largest absolute Gasteiger partial charge is 0.312 e. The number of nitrogens with zero attached hydrogens (tertiary/aromatic N) is 1. The van der Waals surface area contributed by atoms with Crippen molar-refractivity contribution in [2.75, 3.05) is 4.90 Å². The molecule has 0 bridgehead atoms. The second-order valence-electron chi connectivity index (χ2n) is 7.44. The van der Waals surface area contributed by atoms with E-state index >= 15 is 0 Å². The molecule has 0 spiro atoms. The van der Waals surface area contributed by atoms with E-state index in [0.717, 1.165) is 0 Å². The van der Waals surface area contributed by atoms with Crippen molar-refractivity contribution in [2.45, 2.75) is 6.92 Å². The average Bonchev–Trinajstić information content (AvgIpc) is 3.08. The summed E-state index contributed by atoms with van der Waals surface area (Å²) in [6.07, 6.45) is 0. The lowest BCUT2D eigenvalue weighted by Crippen LogP contribution is -2.54. The molecule has 0 radical (unpaired) electrons. The topological polar surface area (TPSA) is 3.24 Å². The smallest absolute Gasteiger partial charge is 0.248 e. The molecule has 1 nitrogen and oxygen atoms in total. The first-order valence-electron chi connectivity index (χ1n) is 9.51. The molecule has 2 aliphatic heterocycles. The number of rotatable bonds is 1. The molecule has 2 heteroatoms. The average molecular weight is 343 g/mol. The predicted molar refractivity (Wildman–Crippen MR) is 116 cm³/mol. The van der Waals surface area contributed by atoms with Gasteiger partial charge in [-0.1, -0.05) is 72.2 Å². The van der Waals surface area contributed by atoms with Crippen molar-refractivity contribution in [3.05, 3.63) is 96.6 Å². The molecule has 0 unspecified atom stereocenters. The molecule has 0 saturated heterocycles. The number of hydrogen-bond donors (Lipinski definition) is 0. The van der Waals surface area contributed by atoms with Crippen LogP contribution in [0.3, 0.4) is 0 Å². The fraction of sp³-hybridized carbons (Fsp3) is 0.0400. The fourth-order valence-electron chi connectivity index (χ4n) is 4.94. The molecule has 126 valence electrons. The Morgan fingerprint density at radius 1 is 0.630 bits per heavy atom. The van der Waals surface area contributed by atoms with Crippen LogP contribution in [0.1, 0.15) is 5.56 Å². The van der Waals surface area contributed by atoms with Crippen molar-refractivity contribution in [3.63, 3.8) is 0 Å². The number of hydrogen-bond acceptors (Lipinski definition) is 1. The first kappa shape index (κ1) is 14.9. The zero-order chi connectivity index (χ0) is 18.0. The van der Waals surface area contributed by atoms with Gasteiger partial charge in [-0.25, -0.2) is 0 Å². The van der Waals surface area contributed by atoms with E-state index in [2.05, 4.69) is 103 Å². The zero-order valence-corrected chi connectivity index (χ0v) is 15.2. The van der Waals surface area contributed by atoms with E-state index in [4.69, 9.17) is 0 Å². The van der Waals surface area contributed by atoms with Crippen LogP contribution in [-0.4, -0.2) is 6.71 Å². The van der Waals surface area contributed by atoms with Crippen LogP contribution in [0.5, 0.6) is 0 Å². The molecule has 4 aromatic rings. The van der Waals surface area contributed by atoms with Gasteiger partial charge < -0.3 is 4.90 Å². The minimum absolute atomic E-state index is 0.322. The molecule has 0 amide bonds. The summed E-state index contributed by atoms with van der Waals surface area (Å²) in [6.45, 7) is 2.56. The van der Waals surface area contributed by atoms with E-state index in [-0.39, 0.29) is 0 Å². The summed E-state index contributed by atoms with van der Waals surface area (Å²) in [6, 6.07) is 33.1.